The van der Waals surface area contributed by atoms with E-state index in [1.54, 1.807) is 11.3 Å². The van der Waals surface area contributed by atoms with Gasteiger partial charge in [-0.05, 0) is 31.2 Å². The number of carbonyl (C=O) groups excluding carboxylic acids is 1. The molecule has 1 amide bonds. The van der Waals surface area contributed by atoms with E-state index in [2.05, 4.69) is 11.4 Å². The predicted molar refractivity (Wildman–Crippen MR) is 71.4 cm³/mol. The molecule has 2 rings (SSSR count). The van der Waals surface area contributed by atoms with Gasteiger partial charge < -0.3 is 5.32 Å². The number of carbonyl (C=O) groups is 1. The van der Waals surface area contributed by atoms with Crippen LogP contribution >= 0.6 is 24.0 Å². The SMILES string of the molecule is N#Cc1c(NC(=O)C[S])sc2c1CCCCC2. The molecule has 17 heavy (non-hydrogen) atoms. The molecular weight excluding hydrogens is 252 g/mol. The van der Waals surface area contributed by atoms with Gasteiger partial charge in [0.25, 0.3) is 0 Å². The summed E-state index contributed by atoms with van der Waals surface area (Å²) >= 11 is 6.24. The molecule has 0 spiro atoms. The summed E-state index contributed by atoms with van der Waals surface area (Å²) in [6.07, 6.45) is 5.51. The van der Waals surface area contributed by atoms with Gasteiger partial charge in [0.1, 0.15) is 11.1 Å². The molecule has 0 bridgehead atoms. The van der Waals surface area contributed by atoms with Crippen molar-refractivity contribution in [3.05, 3.63) is 16.0 Å². The van der Waals surface area contributed by atoms with Crippen molar-refractivity contribution in [1.29, 1.82) is 5.26 Å². The molecule has 0 aromatic carbocycles. The van der Waals surface area contributed by atoms with Crippen molar-refractivity contribution in [2.24, 2.45) is 0 Å². The number of aryl methyl sites for hydroxylation is 1. The summed E-state index contributed by atoms with van der Waals surface area (Å²) < 4.78 is 0. The third-order valence-electron chi connectivity index (χ3n) is 2.92. The van der Waals surface area contributed by atoms with Gasteiger partial charge >= 0.3 is 0 Å². The molecule has 1 heterocycles. The predicted octanol–water partition coefficient (Wildman–Crippen LogP) is 3.02. The zero-order valence-electron chi connectivity index (χ0n) is 9.41. The van der Waals surface area contributed by atoms with Gasteiger partial charge in [0.2, 0.25) is 5.91 Å². The summed E-state index contributed by atoms with van der Waals surface area (Å²) in [4.78, 5) is 12.6. The van der Waals surface area contributed by atoms with E-state index >= 15 is 0 Å². The fourth-order valence-corrected chi connectivity index (χ4v) is 3.44. The molecule has 1 aliphatic carbocycles. The molecule has 0 unspecified atom stereocenters. The maximum Gasteiger partial charge on any atom is 0.235 e. The highest BCUT2D eigenvalue weighted by atomic mass is 32.1. The van der Waals surface area contributed by atoms with Gasteiger partial charge in [0.05, 0.1) is 11.3 Å². The average molecular weight is 265 g/mol. The van der Waals surface area contributed by atoms with Gasteiger partial charge in [0, 0.05) is 4.88 Å². The highest BCUT2D eigenvalue weighted by molar-refractivity contribution is 7.81. The van der Waals surface area contributed by atoms with Crippen molar-refractivity contribution in [1.82, 2.24) is 0 Å². The Labute approximate surface area is 110 Å². The topological polar surface area (TPSA) is 52.9 Å². The first-order valence-corrected chi connectivity index (χ1v) is 7.08. The number of hydrogen-bond donors (Lipinski definition) is 1. The van der Waals surface area contributed by atoms with Crippen molar-refractivity contribution in [3.8, 4) is 6.07 Å². The van der Waals surface area contributed by atoms with E-state index in [-0.39, 0.29) is 11.7 Å². The molecule has 0 atom stereocenters. The second kappa shape index (κ2) is 5.56. The van der Waals surface area contributed by atoms with Crippen LogP contribution in [0.5, 0.6) is 0 Å². The fraction of sp³-hybridized carbons (Fsp3) is 0.500. The van der Waals surface area contributed by atoms with E-state index in [4.69, 9.17) is 12.6 Å². The number of amides is 1. The van der Waals surface area contributed by atoms with Crippen molar-refractivity contribution >= 4 is 34.9 Å². The maximum absolute atomic E-state index is 11.3. The molecule has 1 aliphatic rings. The first kappa shape index (κ1) is 12.5. The number of rotatable bonds is 2. The molecule has 1 N–H and O–H groups in total. The lowest BCUT2D eigenvalue weighted by atomic mass is 10.1. The van der Waals surface area contributed by atoms with Crippen molar-refractivity contribution < 1.29 is 4.79 Å². The Bertz CT molecular complexity index is 474. The first-order chi connectivity index (χ1) is 8.26. The zero-order valence-corrected chi connectivity index (χ0v) is 11.0. The molecule has 3 nitrogen and oxygen atoms in total. The Morgan fingerprint density at radius 1 is 1.41 bits per heavy atom. The van der Waals surface area contributed by atoms with Gasteiger partial charge in [0.15, 0.2) is 0 Å². The minimum Gasteiger partial charge on any atom is -0.316 e. The van der Waals surface area contributed by atoms with E-state index < -0.39 is 0 Å². The van der Waals surface area contributed by atoms with Crippen LogP contribution in [0.1, 0.15) is 35.3 Å². The molecular formula is C12H13N2OS2. The fourth-order valence-electron chi connectivity index (χ4n) is 2.11. The van der Waals surface area contributed by atoms with Gasteiger partial charge in [-0.1, -0.05) is 19.0 Å². The summed E-state index contributed by atoms with van der Waals surface area (Å²) in [5.74, 6) is -0.166. The Morgan fingerprint density at radius 2 is 2.18 bits per heavy atom. The van der Waals surface area contributed by atoms with Crippen LogP contribution in [0.15, 0.2) is 0 Å². The van der Waals surface area contributed by atoms with E-state index in [1.165, 1.54) is 17.7 Å². The molecule has 1 aromatic heterocycles. The molecule has 5 heteroatoms. The lowest BCUT2D eigenvalue weighted by molar-refractivity contribution is -0.113. The van der Waals surface area contributed by atoms with Crippen molar-refractivity contribution in [2.45, 2.75) is 32.1 Å². The number of hydrogen-bond acceptors (Lipinski definition) is 3. The Hall–Kier alpha value is -0.990. The second-order valence-corrected chi connectivity index (χ2v) is 5.47. The average Bonchev–Trinajstić information content (AvgIpc) is 2.50. The van der Waals surface area contributed by atoms with Crippen LogP contribution in [0.2, 0.25) is 0 Å². The molecule has 0 saturated heterocycles. The van der Waals surface area contributed by atoms with E-state index in [0.717, 1.165) is 24.8 Å². The normalized spacial score (nSPS) is 14.6. The summed E-state index contributed by atoms with van der Waals surface area (Å²) in [6.45, 7) is 0. The van der Waals surface area contributed by atoms with Crippen LogP contribution < -0.4 is 5.32 Å². The third kappa shape index (κ3) is 2.64. The number of anilines is 1. The minimum absolute atomic E-state index is 0.0352. The lowest BCUT2D eigenvalue weighted by Gasteiger charge is -2.00. The van der Waals surface area contributed by atoms with Crippen LogP contribution in [0, 0.1) is 11.3 Å². The molecule has 0 fully saturated rings. The van der Waals surface area contributed by atoms with Crippen LogP contribution in [0.25, 0.3) is 0 Å². The quantitative estimate of drug-likeness (QED) is 0.836. The highest BCUT2D eigenvalue weighted by Gasteiger charge is 2.20. The number of fused-ring (bicyclic) bond motifs is 1. The van der Waals surface area contributed by atoms with Crippen LogP contribution in [0.4, 0.5) is 5.00 Å². The molecule has 89 valence electrons. The summed E-state index contributed by atoms with van der Waals surface area (Å²) in [6, 6.07) is 2.22. The van der Waals surface area contributed by atoms with E-state index in [0.29, 0.717) is 10.6 Å². The van der Waals surface area contributed by atoms with E-state index in [9.17, 15) is 10.1 Å². The number of nitriles is 1. The van der Waals surface area contributed by atoms with Gasteiger partial charge in [-0.25, -0.2) is 0 Å². The molecule has 1 aromatic rings. The smallest absolute Gasteiger partial charge is 0.235 e. The van der Waals surface area contributed by atoms with Gasteiger partial charge in [-0.15, -0.1) is 11.3 Å². The summed E-state index contributed by atoms with van der Waals surface area (Å²) in [5.41, 5.74) is 1.80. The molecule has 0 aliphatic heterocycles. The second-order valence-electron chi connectivity index (χ2n) is 4.07. The van der Waals surface area contributed by atoms with E-state index in [1.807, 2.05) is 0 Å². The standard InChI is InChI=1S/C12H13N2OS2/c13-6-9-8-4-2-1-3-5-10(8)17-12(9)14-11(15)7-16/h1-5,7H2,(H,14,15). The van der Waals surface area contributed by atoms with Crippen LogP contribution in [-0.4, -0.2) is 11.7 Å². The first-order valence-electron chi connectivity index (χ1n) is 5.69. The number of nitrogens with zero attached hydrogens (tertiary/aromatic N) is 1. The van der Waals surface area contributed by atoms with Crippen molar-refractivity contribution in [2.75, 3.05) is 11.1 Å². The Balaban J connectivity index is 2.34. The lowest BCUT2D eigenvalue weighted by Crippen LogP contribution is -2.12. The summed E-state index contributed by atoms with van der Waals surface area (Å²) in [5, 5.41) is 12.7. The van der Waals surface area contributed by atoms with Crippen LogP contribution in [0.3, 0.4) is 0 Å². The van der Waals surface area contributed by atoms with Gasteiger partial charge in [-0.3, -0.25) is 4.79 Å². The Kier molecular flexibility index (Phi) is 4.08. The number of thiophene rings is 1. The highest BCUT2D eigenvalue weighted by Crippen LogP contribution is 2.36. The van der Waals surface area contributed by atoms with Crippen LogP contribution in [-0.2, 0) is 17.6 Å². The summed E-state index contributed by atoms with van der Waals surface area (Å²) in [7, 11) is 0. The molecule has 1 radical (unpaired) electrons. The maximum atomic E-state index is 11.3. The largest absolute Gasteiger partial charge is 0.316 e. The zero-order chi connectivity index (χ0) is 12.3. The minimum atomic E-state index is -0.201. The van der Waals surface area contributed by atoms with Crippen molar-refractivity contribution in [3.63, 3.8) is 0 Å². The molecule has 0 saturated carbocycles. The third-order valence-corrected chi connectivity index (χ3v) is 4.39. The monoisotopic (exact) mass is 265 g/mol. The van der Waals surface area contributed by atoms with Gasteiger partial charge in [-0.2, -0.15) is 5.26 Å². The number of nitrogens with one attached hydrogen (secondary N) is 1. The Morgan fingerprint density at radius 3 is 2.88 bits per heavy atom.